The van der Waals surface area contributed by atoms with Crippen molar-refractivity contribution in [3.05, 3.63) is 34.4 Å². The van der Waals surface area contributed by atoms with Crippen molar-refractivity contribution in [1.82, 2.24) is 0 Å². The maximum absolute atomic E-state index is 10.8. The normalized spacial score (nSPS) is 11.2. The molecule has 0 saturated carbocycles. The highest BCUT2D eigenvalue weighted by Crippen LogP contribution is 2.18. The fourth-order valence-corrected chi connectivity index (χ4v) is 1.27. The predicted octanol–water partition coefficient (Wildman–Crippen LogP) is 2.67. The van der Waals surface area contributed by atoms with E-state index in [0.29, 0.717) is 17.8 Å². The summed E-state index contributed by atoms with van der Waals surface area (Å²) in [6.07, 6.45) is 0.303. The minimum atomic E-state index is -0.462. The summed E-state index contributed by atoms with van der Waals surface area (Å²) in [5.74, 6) is 0.0446. The first-order valence-corrected chi connectivity index (χ1v) is 4.77. The SMILES string of the molecule is CC(=O)CC(C)=Nc1ccc([N+](=O)[O-])cc1. The number of hydrogen-bond acceptors (Lipinski definition) is 4. The Morgan fingerprint density at radius 1 is 1.31 bits per heavy atom. The molecule has 0 aliphatic rings. The van der Waals surface area contributed by atoms with Gasteiger partial charge in [0.25, 0.3) is 5.69 Å². The van der Waals surface area contributed by atoms with Crippen LogP contribution in [-0.2, 0) is 4.79 Å². The molecular formula is C11H12N2O3. The van der Waals surface area contributed by atoms with Gasteiger partial charge in [0.1, 0.15) is 5.78 Å². The number of nitro benzene ring substituents is 1. The van der Waals surface area contributed by atoms with E-state index in [1.165, 1.54) is 19.1 Å². The highest BCUT2D eigenvalue weighted by Gasteiger charge is 2.03. The lowest BCUT2D eigenvalue weighted by Gasteiger charge is -1.97. The molecule has 5 heteroatoms. The standard InChI is InChI=1S/C11H12N2O3/c1-8(7-9(2)14)12-10-3-5-11(6-4-10)13(15)16/h3-6H,7H2,1-2H3. The van der Waals surface area contributed by atoms with Crippen LogP contribution in [0.5, 0.6) is 0 Å². The number of hydrogen-bond donors (Lipinski definition) is 0. The highest BCUT2D eigenvalue weighted by atomic mass is 16.6. The van der Waals surface area contributed by atoms with E-state index in [1.807, 2.05) is 0 Å². The molecule has 0 aromatic heterocycles. The van der Waals surface area contributed by atoms with Gasteiger partial charge in [0.05, 0.1) is 10.6 Å². The Morgan fingerprint density at radius 3 is 2.31 bits per heavy atom. The number of nitro groups is 1. The summed E-state index contributed by atoms with van der Waals surface area (Å²) < 4.78 is 0. The molecule has 84 valence electrons. The Kier molecular flexibility index (Phi) is 3.88. The number of carbonyl (C=O) groups is 1. The van der Waals surface area contributed by atoms with Crippen LogP contribution >= 0.6 is 0 Å². The van der Waals surface area contributed by atoms with E-state index in [2.05, 4.69) is 4.99 Å². The molecule has 0 fully saturated rings. The Balaban J connectivity index is 2.82. The zero-order valence-electron chi connectivity index (χ0n) is 9.14. The van der Waals surface area contributed by atoms with Crippen molar-refractivity contribution in [3.63, 3.8) is 0 Å². The Labute approximate surface area is 93.0 Å². The maximum Gasteiger partial charge on any atom is 0.269 e. The van der Waals surface area contributed by atoms with Gasteiger partial charge in [-0.05, 0) is 26.0 Å². The number of ketones is 1. The smallest absolute Gasteiger partial charge is 0.269 e. The van der Waals surface area contributed by atoms with E-state index in [0.717, 1.165) is 0 Å². The monoisotopic (exact) mass is 220 g/mol. The number of aliphatic imine (C=N–C) groups is 1. The molecule has 0 saturated heterocycles. The molecule has 0 radical (unpaired) electrons. The summed E-state index contributed by atoms with van der Waals surface area (Å²) >= 11 is 0. The molecule has 0 N–H and O–H groups in total. The molecule has 1 aromatic carbocycles. The van der Waals surface area contributed by atoms with Gasteiger partial charge in [-0.15, -0.1) is 0 Å². The van der Waals surface area contributed by atoms with Crippen molar-refractivity contribution in [3.8, 4) is 0 Å². The quantitative estimate of drug-likeness (QED) is 0.444. The van der Waals surface area contributed by atoms with Gasteiger partial charge in [-0.2, -0.15) is 0 Å². The topological polar surface area (TPSA) is 72.6 Å². The van der Waals surface area contributed by atoms with Crippen LogP contribution in [0.15, 0.2) is 29.3 Å². The number of rotatable bonds is 4. The van der Waals surface area contributed by atoms with Gasteiger partial charge in [-0.25, -0.2) is 0 Å². The average molecular weight is 220 g/mol. The lowest BCUT2D eigenvalue weighted by molar-refractivity contribution is -0.384. The third kappa shape index (κ3) is 3.61. The van der Waals surface area contributed by atoms with E-state index in [1.54, 1.807) is 19.1 Å². The molecule has 0 aliphatic carbocycles. The summed E-state index contributed by atoms with van der Waals surface area (Å²) in [6, 6.07) is 5.89. The van der Waals surface area contributed by atoms with Crippen molar-refractivity contribution in [2.24, 2.45) is 4.99 Å². The van der Waals surface area contributed by atoms with Gasteiger partial charge >= 0.3 is 0 Å². The Bertz CT molecular complexity index is 435. The van der Waals surface area contributed by atoms with Crippen LogP contribution in [0, 0.1) is 10.1 Å². The van der Waals surface area contributed by atoms with Crippen molar-refractivity contribution in [2.45, 2.75) is 20.3 Å². The van der Waals surface area contributed by atoms with E-state index < -0.39 is 4.92 Å². The largest absolute Gasteiger partial charge is 0.300 e. The first-order valence-electron chi connectivity index (χ1n) is 4.77. The van der Waals surface area contributed by atoms with Crippen LogP contribution in [0.4, 0.5) is 11.4 Å². The second-order valence-corrected chi connectivity index (χ2v) is 3.50. The molecule has 0 unspecified atom stereocenters. The van der Waals surface area contributed by atoms with Crippen LogP contribution in [0.3, 0.4) is 0 Å². The molecular weight excluding hydrogens is 208 g/mol. The van der Waals surface area contributed by atoms with Gasteiger partial charge in [0.15, 0.2) is 0 Å². The van der Waals surface area contributed by atoms with Crippen molar-refractivity contribution < 1.29 is 9.72 Å². The van der Waals surface area contributed by atoms with Gasteiger partial charge in [-0.3, -0.25) is 19.9 Å². The lowest BCUT2D eigenvalue weighted by atomic mass is 10.2. The summed E-state index contributed by atoms with van der Waals surface area (Å²) in [6.45, 7) is 3.25. The van der Waals surface area contributed by atoms with Gasteiger partial charge in [0.2, 0.25) is 0 Å². The average Bonchev–Trinajstić information content (AvgIpc) is 2.16. The van der Waals surface area contributed by atoms with Crippen molar-refractivity contribution in [1.29, 1.82) is 0 Å². The first-order chi connectivity index (χ1) is 7.49. The minimum absolute atomic E-state index is 0.0307. The molecule has 0 atom stereocenters. The molecule has 1 aromatic rings. The van der Waals surface area contributed by atoms with E-state index in [-0.39, 0.29) is 11.5 Å². The van der Waals surface area contributed by atoms with Gasteiger partial charge in [0, 0.05) is 24.3 Å². The number of non-ortho nitro benzene ring substituents is 1. The van der Waals surface area contributed by atoms with Crippen molar-refractivity contribution >= 4 is 22.9 Å². The molecule has 0 aliphatic heterocycles. The molecule has 1 rings (SSSR count). The zero-order valence-corrected chi connectivity index (χ0v) is 9.14. The lowest BCUT2D eigenvalue weighted by Crippen LogP contribution is -1.98. The molecule has 0 spiro atoms. The number of carbonyl (C=O) groups excluding carboxylic acids is 1. The Morgan fingerprint density at radius 2 is 1.88 bits per heavy atom. The van der Waals surface area contributed by atoms with E-state index in [4.69, 9.17) is 0 Å². The maximum atomic E-state index is 10.8. The predicted molar refractivity (Wildman–Crippen MR) is 61.2 cm³/mol. The number of nitrogens with zero attached hydrogens (tertiary/aromatic N) is 2. The molecule has 0 amide bonds. The van der Waals surface area contributed by atoms with Crippen LogP contribution < -0.4 is 0 Å². The fraction of sp³-hybridized carbons (Fsp3) is 0.273. The summed E-state index contributed by atoms with van der Waals surface area (Å²) in [5, 5.41) is 10.4. The molecule has 16 heavy (non-hydrogen) atoms. The zero-order chi connectivity index (χ0) is 12.1. The third-order valence-corrected chi connectivity index (χ3v) is 1.89. The summed E-state index contributed by atoms with van der Waals surface area (Å²) in [4.78, 5) is 24.9. The van der Waals surface area contributed by atoms with E-state index in [9.17, 15) is 14.9 Å². The van der Waals surface area contributed by atoms with Gasteiger partial charge < -0.3 is 0 Å². The second kappa shape index (κ2) is 5.16. The highest BCUT2D eigenvalue weighted by molar-refractivity contribution is 6.00. The number of benzene rings is 1. The molecule has 0 heterocycles. The van der Waals surface area contributed by atoms with Crippen LogP contribution in [0.2, 0.25) is 0 Å². The fourth-order valence-electron chi connectivity index (χ4n) is 1.27. The van der Waals surface area contributed by atoms with Crippen molar-refractivity contribution in [2.75, 3.05) is 0 Å². The third-order valence-electron chi connectivity index (χ3n) is 1.89. The number of Topliss-reactive ketones (excluding diaryl/α,β-unsaturated/α-hetero) is 1. The Hall–Kier alpha value is -2.04. The van der Waals surface area contributed by atoms with E-state index >= 15 is 0 Å². The second-order valence-electron chi connectivity index (χ2n) is 3.50. The first kappa shape index (κ1) is 12.0. The van der Waals surface area contributed by atoms with Gasteiger partial charge in [-0.1, -0.05) is 0 Å². The van der Waals surface area contributed by atoms with Crippen LogP contribution in [-0.4, -0.2) is 16.4 Å². The van der Waals surface area contributed by atoms with Crippen LogP contribution in [0.25, 0.3) is 0 Å². The van der Waals surface area contributed by atoms with Crippen LogP contribution in [0.1, 0.15) is 20.3 Å². The summed E-state index contributed by atoms with van der Waals surface area (Å²) in [5.41, 5.74) is 1.34. The summed E-state index contributed by atoms with van der Waals surface area (Å²) in [7, 11) is 0. The minimum Gasteiger partial charge on any atom is -0.300 e. The molecule has 0 bridgehead atoms. The molecule has 5 nitrogen and oxygen atoms in total.